The first-order chi connectivity index (χ1) is 7.74. The maximum absolute atomic E-state index is 11.8. The van der Waals surface area contributed by atoms with Crippen molar-refractivity contribution in [2.24, 2.45) is 0 Å². The Morgan fingerprint density at radius 2 is 1.94 bits per heavy atom. The fraction of sp³-hybridized carbons (Fsp3) is 0.273. The van der Waals surface area contributed by atoms with Gasteiger partial charge in [-0.25, -0.2) is 4.79 Å². The van der Waals surface area contributed by atoms with E-state index in [0.29, 0.717) is 0 Å². The molecule has 16 heavy (non-hydrogen) atoms. The van der Waals surface area contributed by atoms with Gasteiger partial charge in [-0.2, -0.15) is 0 Å². The molecule has 1 aliphatic rings. The van der Waals surface area contributed by atoms with Crippen LogP contribution in [0.1, 0.15) is 11.6 Å². The number of hydrogen-bond donors (Lipinski definition) is 2. The average molecular weight is 220 g/mol. The van der Waals surface area contributed by atoms with Gasteiger partial charge in [0.05, 0.1) is 13.2 Å². The molecule has 1 fully saturated rings. The third-order valence-electron chi connectivity index (χ3n) is 2.48. The number of β-amino-alcohol motifs (C(OH)–C–C–N with tert-alkyl or cyclic N) is 1. The maximum Gasteiger partial charge on any atom is 0.325 e. The molecule has 5 heteroatoms. The van der Waals surface area contributed by atoms with Gasteiger partial charge in [-0.3, -0.25) is 9.69 Å². The zero-order chi connectivity index (χ0) is 11.5. The van der Waals surface area contributed by atoms with E-state index < -0.39 is 12.1 Å². The van der Waals surface area contributed by atoms with Crippen LogP contribution in [0.5, 0.6) is 0 Å². The predicted octanol–water partition coefficient (Wildman–Crippen LogP) is 0.272. The highest BCUT2D eigenvalue weighted by Crippen LogP contribution is 2.20. The molecule has 1 heterocycles. The lowest BCUT2D eigenvalue weighted by Crippen LogP contribution is -2.33. The summed E-state index contributed by atoms with van der Waals surface area (Å²) in [5.74, 6) is -0.315. The molecule has 1 aromatic carbocycles. The molecule has 2 rings (SSSR count). The number of rotatable bonds is 3. The van der Waals surface area contributed by atoms with Crippen LogP contribution in [-0.2, 0) is 4.79 Å². The topological polar surface area (TPSA) is 69.6 Å². The van der Waals surface area contributed by atoms with Crippen LogP contribution in [0.25, 0.3) is 0 Å². The van der Waals surface area contributed by atoms with Crippen LogP contribution in [0.4, 0.5) is 4.79 Å². The largest absolute Gasteiger partial charge is 0.395 e. The summed E-state index contributed by atoms with van der Waals surface area (Å²) in [6.45, 7) is -0.186. The Morgan fingerprint density at radius 1 is 1.25 bits per heavy atom. The van der Waals surface area contributed by atoms with Crippen molar-refractivity contribution in [3.05, 3.63) is 35.9 Å². The summed E-state index contributed by atoms with van der Waals surface area (Å²) in [5.41, 5.74) is 0.751. The third-order valence-corrected chi connectivity index (χ3v) is 2.48. The van der Waals surface area contributed by atoms with Gasteiger partial charge in [0.15, 0.2) is 0 Å². The molecule has 0 bridgehead atoms. The van der Waals surface area contributed by atoms with Gasteiger partial charge in [-0.05, 0) is 5.56 Å². The van der Waals surface area contributed by atoms with E-state index in [1.165, 1.54) is 0 Å². The van der Waals surface area contributed by atoms with Crippen molar-refractivity contribution in [2.45, 2.75) is 6.04 Å². The predicted molar refractivity (Wildman–Crippen MR) is 56.5 cm³/mol. The lowest BCUT2D eigenvalue weighted by molar-refractivity contribution is -0.127. The molecule has 5 nitrogen and oxygen atoms in total. The van der Waals surface area contributed by atoms with Crippen LogP contribution in [0.15, 0.2) is 30.3 Å². The standard InChI is InChI=1S/C11H12N2O3/c14-7-6-13-10(15)9(12-11(13)16)8-4-2-1-3-5-8/h1-5,9,14H,6-7H2,(H,12,16)/t9-/m1/s1. The number of amides is 3. The van der Waals surface area contributed by atoms with Gasteiger partial charge in [-0.15, -0.1) is 0 Å². The van der Waals surface area contributed by atoms with Crippen molar-refractivity contribution in [1.82, 2.24) is 10.2 Å². The summed E-state index contributed by atoms with van der Waals surface area (Å²) in [7, 11) is 0. The van der Waals surface area contributed by atoms with E-state index in [-0.39, 0.29) is 19.1 Å². The van der Waals surface area contributed by atoms with Gasteiger partial charge >= 0.3 is 6.03 Å². The smallest absolute Gasteiger partial charge is 0.325 e. The molecule has 1 aromatic rings. The van der Waals surface area contributed by atoms with Crippen LogP contribution >= 0.6 is 0 Å². The molecule has 2 N–H and O–H groups in total. The zero-order valence-corrected chi connectivity index (χ0v) is 8.59. The SMILES string of the molecule is O=C1N[C@H](c2ccccc2)C(=O)N1CCO. The highest BCUT2D eigenvalue weighted by atomic mass is 16.3. The van der Waals surface area contributed by atoms with E-state index >= 15 is 0 Å². The second-order valence-electron chi connectivity index (χ2n) is 3.51. The number of carbonyl (C=O) groups excluding carboxylic acids is 2. The van der Waals surface area contributed by atoms with E-state index in [1.54, 1.807) is 12.1 Å². The third kappa shape index (κ3) is 1.77. The number of hydrogen-bond acceptors (Lipinski definition) is 3. The quantitative estimate of drug-likeness (QED) is 0.718. The number of benzene rings is 1. The Kier molecular flexibility index (Phi) is 2.87. The van der Waals surface area contributed by atoms with Crippen molar-refractivity contribution >= 4 is 11.9 Å². The van der Waals surface area contributed by atoms with Gasteiger partial charge in [0, 0.05) is 0 Å². The molecular formula is C11H12N2O3. The molecule has 0 spiro atoms. The van der Waals surface area contributed by atoms with Crippen LogP contribution in [0.2, 0.25) is 0 Å². The zero-order valence-electron chi connectivity index (χ0n) is 8.59. The number of imide groups is 1. The minimum Gasteiger partial charge on any atom is -0.395 e. The Labute approximate surface area is 92.7 Å². The summed E-state index contributed by atoms with van der Waals surface area (Å²) in [6, 6.07) is 7.95. The highest BCUT2D eigenvalue weighted by Gasteiger charge is 2.38. The van der Waals surface area contributed by atoms with Gasteiger partial charge in [0.25, 0.3) is 5.91 Å². The molecule has 0 aliphatic carbocycles. The van der Waals surface area contributed by atoms with Gasteiger partial charge in [0.1, 0.15) is 6.04 Å². The second kappa shape index (κ2) is 4.32. The van der Waals surface area contributed by atoms with Crippen LogP contribution in [0.3, 0.4) is 0 Å². The average Bonchev–Trinajstić information content (AvgIpc) is 2.59. The fourth-order valence-electron chi connectivity index (χ4n) is 1.70. The van der Waals surface area contributed by atoms with Gasteiger partial charge in [-0.1, -0.05) is 30.3 Å². The number of nitrogens with one attached hydrogen (secondary N) is 1. The van der Waals surface area contributed by atoms with Gasteiger partial charge < -0.3 is 10.4 Å². The van der Waals surface area contributed by atoms with Crippen molar-refractivity contribution in [2.75, 3.05) is 13.2 Å². The number of urea groups is 1. The first-order valence-corrected chi connectivity index (χ1v) is 5.01. The molecule has 1 saturated heterocycles. The summed E-state index contributed by atoms with van der Waals surface area (Å²) in [6.07, 6.45) is 0. The molecule has 0 radical (unpaired) electrons. The molecule has 0 saturated carbocycles. The number of carbonyl (C=O) groups is 2. The first kappa shape index (κ1) is 10.6. The van der Waals surface area contributed by atoms with E-state index in [1.807, 2.05) is 18.2 Å². The molecular weight excluding hydrogens is 208 g/mol. The van der Waals surface area contributed by atoms with E-state index in [0.717, 1.165) is 10.5 Å². The van der Waals surface area contributed by atoms with Crippen molar-refractivity contribution in [3.8, 4) is 0 Å². The van der Waals surface area contributed by atoms with E-state index in [2.05, 4.69) is 5.32 Å². The lowest BCUT2D eigenvalue weighted by Gasteiger charge is -2.10. The van der Waals surface area contributed by atoms with Crippen LogP contribution in [-0.4, -0.2) is 35.1 Å². The highest BCUT2D eigenvalue weighted by molar-refractivity contribution is 6.04. The first-order valence-electron chi connectivity index (χ1n) is 5.01. The van der Waals surface area contributed by atoms with Crippen molar-refractivity contribution < 1.29 is 14.7 Å². The van der Waals surface area contributed by atoms with Crippen molar-refractivity contribution in [1.29, 1.82) is 0 Å². The molecule has 84 valence electrons. The fourth-order valence-corrected chi connectivity index (χ4v) is 1.70. The normalized spacial score (nSPS) is 20.1. The molecule has 1 atom stereocenters. The molecule has 0 aromatic heterocycles. The van der Waals surface area contributed by atoms with E-state index in [4.69, 9.17) is 5.11 Å². The van der Waals surface area contributed by atoms with Gasteiger partial charge in [0.2, 0.25) is 0 Å². The number of aliphatic hydroxyl groups excluding tert-OH is 1. The Morgan fingerprint density at radius 3 is 2.56 bits per heavy atom. The van der Waals surface area contributed by atoms with Crippen molar-refractivity contribution in [3.63, 3.8) is 0 Å². The molecule has 1 aliphatic heterocycles. The molecule has 3 amide bonds. The number of aliphatic hydroxyl groups is 1. The second-order valence-corrected chi connectivity index (χ2v) is 3.51. The Hall–Kier alpha value is -1.88. The summed E-state index contributed by atoms with van der Waals surface area (Å²) < 4.78 is 0. The lowest BCUT2D eigenvalue weighted by atomic mass is 10.1. The Balaban J connectivity index is 2.21. The summed E-state index contributed by atoms with van der Waals surface area (Å²) in [4.78, 5) is 24.3. The minimum atomic E-state index is -0.625. The van der Waals surface area contributed by atoms with Crippen LogP contribution in [0, 0.1) is 0 Å². The monoisotopic (exact) mass is 220 g/mol. The maximum atomic E-state index is 11.8. The van der Waals surface area contributed by atoms with Crippen LogP contribution < -0.4 is 5.32 Å². The molecule has 0 unspecified atom stereocenters. The Bertz CT molecular complexity index is 405. The van der Waals surface area contributed by atoms with E-state index in [9.17, 15) is 9.59 Å². The summed E-state index contributed by atoms with van der Waals surface area (Å²) in [5, 5.41) is 11.3. The minimum absolute atomic E-state index is 0.0357. The number of nitrogens with zero attached hydrogens (tertiary/aromatic N) is 1. The summed E-state index contributed by atoms with van der Waals surface area (Å²) >= 11 is 0.